The largest absolute Gasteiger partial charge is 0.335 e. The summed E-state index contributed by atoms with van der Waals surface area (Å²) < 4.78 is 0. The monoisotopic (exact) mass is 362 g/mol. The van der Waals surface area contributed by atoms with Gasteiger partial charge < -0.3 is 9.80 Å². The molecule has 0 saturated carbocycles. The summed E-state index contributed by atoms with van der Waals surface area (Å²) in [5.41, 5.74) is 1.44. The lowest BCUT2D eigenvalue weighted by atomic mass is 10.1. The lowest BCUT2D eigenvalue weighted by molar-refractivity contribution is -0.135. The minimum Gasteiger partial charge on any atom is -0.335 e. The molecule has 4 nitrogen and oxygen atoms in total. The van der Waals surface area contributed by atoms with E-state index < -0.39 is 0 Å². The molecule has 1 saturated heterocycles. The van der Waals surface area contributed by atoms with Gasteiger partial charge in [-0.25, -0.2) is 0 Å². The first-order valence-corrected chi connectivity index (χ1v) is 8.36. The van der Waals surface area contributed by atoms with Crippen molar-refractivity contribution in [3.63, 3.8) is 0 Å². The van der Waals surface area contributed by atoms with Gasteiger partial charge in [-0.3, -0.25) is 9.59 Å². The molecular weight excluding hydrogens is 347 g/mol. The fourth-order valence-electron chi connectivity index (χ4n) is 2.66. The van der Waals surface area contributed by atoms with Crippen molar-refractivity contribution in [3.8, 4) is 0 Å². The minimum absolute atomic E-state index is 0.0671. The summed E-state index contributed by atoms with van der Waals surface area (Å²) in [7, 11) is 0. The fourth-order valence-corrected chi connectivity index (χ4v) is 3.01. The Hall–Kier alpha value is -2.04. The molecule has 0 aromatic heterocycles. The summed E-state index contributed by atoms with van der Waals surface area (Å²) in [5.74, 6) is -0.281. The zero-order valence-electron chi connectivity index (χ0n) is 12.9. The molecule has 3 rings (SSSR count). The van der Waals surface area contributed by atoms with Gasteiger partial charge in [-0.2, -0.15) is 0 Å². The Kier molecular flexibility index (Phi) is 5.07. The number of carbonyl (C=O) groups is 2. The Balaban J connectivity index is 1.65. The van der Waals surface area contributed by atoms with E-state index >= 15 is 0 Å². The third kappa shape index (κ3) is 3.71. The Bertz CT molecular complexity index is 762. The van der Waals surface area contributed by atoms with Crippen LogP contribution in [0, 0.1) is 0 Å². The molecule has 0 atom stereocenters. The van der Waals surface area contributed by atoms with Crippen molar-refractivity contribution in [3.05, 3.63) is 69.7 Å². The maximum absolute atomic E-state index is 12.5. The molecule has 6 heteroatoms. The highest BCUT2D eigenvalue weighted by Gasteiger charge is 2.28. The molecule has 1 aliphatic rings. The predicted molar refractivity (Wildman–Crippen MR) is 94.2 cm³/mol. The third-order valence-corrected chi connectivity index (χ3v) is 4.58. The SMILES string of the molecule is O=C1CN(C(=O)c2ccccc2Cl)CCN1Cc1ccc(Cl)cc1. The highest BCUT2D eigenvalue weighted by Crippen LogP contribution is 2.19. The fraction of sp³-hybridized carbons (Fsp3) is 0.222. The average Bonchev–Trinajstić information content (AvgIpc) is 2.58. The van der Waals surface area contributed by atoms with E-state index in [0.717, 1.165) is 5.56 Å². The summed E-state index contributed by atoms with van der Waals surface area (Å²) in [6.07, 6.45) is 0. The van der Waals surface area contributed by atoms with Crippen LogP contribution in [-0.2, 0) is 11.3 Å². The molecule has 124 valence electrons. The number of hydrogen-bond acceptors (Lipinski definition) is 2. The minimum atomic E-state index is -0.208. The molecule has 0 unspecified atom stereocenters. The van der Waals surface area contributed by atoms with Gasteiger partial charge in [0.15, 0.2) is 0 Å². The van der Waals surface area contributed by atoms with Crippen molar-refractivity contribution in [1.29, 1.82) is 0 Å². The van der Waals surface area contributed by atoms with Crippen molar-refractivity contribution in [2.75, 3.05) is 19.6 Å². The van der Waals surface area contributed by atoms with Crippen molar-refractivity contribution in [2.24, 2.45) is 0 Å². The van der Waals surface area contributed by atoms with Gasteiger partial charge in [0.1, 0.15) is 6.54 Å². The summed E-state index contributed by atoms with van der Waals surface area (Å²) in [4.78, 5) is 28.2. The molecule has 1 fully saturated rings. The molecular formula is C18H16Cl2N2O2. The van der Waals surface area contributed by atoms with Gasteiger partial charge in [-0.15, -0.1) is 0 Å². The van der Waals surface area contributed by atoms with Crippen molar-refractivity contribution < 1.29 is 9.59 Å². The van der Waals surface area contributed by atoms with Crippen LogP contribution < -0.4 is 0 Å². The number of rotatable bonds is 3. The molecule has 1 heterocycles. The topological polar surface area (TPSA) is 40.6 Å². The maximum Gasteiger partial charge on any atom is 0.255 e. The first-order valence-electron chi connectivity index (χ1n) is 7.60. The van der Waals surface area contributed by atoms with E-state index in [1.165, 1.54) is 0 Å². The van der Waals surface area contributed by atoms with Crippen LogP contribution in [0.15, 0.2) is 48.5 Å². The molecule has 0 spiro atoms. The molecule has 1 aliphatic heterocycles. The Morgan fingerprint density at radius 3 is 2.38 bits per heavy atom. The van der Waals surface area contributed by atoms with Gasteiger partial charge in [-0.1, -0.05) is 47.5 Å². The second-order valence-corrected chi connectivity index (χ2v) is 6.49. The first kappa shape index (κ1) is 16.8. The molecule has 2 aromatic rings. The van der Waals surface area contributed by atoms with Crippen LogP contribution in [0.5, 0.6) is 0 Å². The number of carbonyl (C=O) groups excluding carboxylic acids is 2. The van der Waals surface area contributed by atoms with Crippen LogP contribution >= 0.6 is 23.2 Å². The lowest BCUT2D eigenvalue weighted by Crippen LogP contribution is -2.51. The van der Waals surface area contributed by atoms with Crippen molar-refractivity contribution in [1.82, 2.24) is 9.80 Å². The van der Waals surface area contributed by atoms with Gasteiger partial charge in [0.2, 0.25) is 5.91 Å². The second-order valence-electron chi connectivity index (χ2n) is 5.65. The first-order chi connectivity index (χ1) is 11.5. The van der Waals surface area contributed by atoms with Crippen molar-refractivity contribution in [2.45, 2.75) is 6.54 Å². The normalized spacial score (nSPS) is 14.8. The molecule has 0 N–H and O–H groups in total. The van der Waals surface area contributed by atoms with Gasteiger partial charge in [0, 0.05) is 24.7 Å². The molecule has 0 radical (unpaired) electrons. The van der Waals surface area contributed by atoms with E-state index in [9.17, 15) is 9.59 Å². The molecule has 0 aliphatic carbocycles. The Labute approximate surface area is 150 Å². The van der Waals surface area contributed by atoms with E-state index in [1.54, 1.807) is 46.2 Å². The van der Waals surface area contributed by atoms with Crippen LogP contribution in [0.25, 0.3) is 0 Å². The smallest absolute Gasteiger partial charge is 0.255 e. The molecule has 2 amide bonds. The van der Waals surface area contributed by atoms with Crippen LogP contribution in [0.4, 0.5) is 0 Å². The maximum atomic E-state index is 12.5. The summed E-state index contributed by atoms with van der Waals surface area (Å²) in [6.45, 7) is 1.57. The van der Waals surface area contributed by atoms with Gasteiger partial charge in [0.25, 0.3) is 5.91 Å². The number of benzene rings is 2. The predicted octanol–water partition coefficient (Wildman–Crippen LogP) is 3.48. The number of amides is 2. The van der Waals surface area contributed by atoms with E-state index in [-0.39, 0.29) is 18.4 Å². The zero-order valence-corrected chi connectivity index (χ0v) is 14.4. The number of piperazine rings is 1. The van der Waals surface area contributed by atoms with E-state index in [4.69, 9.17) is 23.2 Å². The summed E-state index contributed by atoms with van der Waals surface area (Å²) in [6, 6.07) is 14.3. The molecule has 2 aromatic carbocycles. The molecule has 24 heavy (non-hydrogen) atoms. The summed E-state index contributed by atoms with van der Waals surface area (Å²) >= 11 is 11.9. The zero-order chi connectivity index (χ0) is 17.1. The number of halogens is 2. The van der Waals surface area contributed by atoms with Gasteiger partial charge in [-0.05, 0) is 29.8 Å². The standard InChI is InChI=1S/C18H16Cl2N2O2/c19-14-7-5-13(6-8-14)11-21-9-10-22(12-17(21)23)18(24)15-3-1-2-4-16(15)20/h1-8H,9-12H2. The highest BCUT2D eigenvalue weighted by atomic mass is 35.5. The van der Waals surface area contributed by atoms with Crippen LogP contribution in [-0.4, -0.2) is 41.2 Å². The Morgan fingerprint density at radius 1 is 1.00 bits per heavy atom. The van der Waals surface area contributed by atoms with Crippen LogP contribution in [0.1, 0.15) is 15.9 Å². The Morgan fingerprint density at radius 2 is 1.71 bits per heavy atom. The van der Waals surface area contributed by atoms with Crippen molar-refractivity contribution >= 4 is 35.0 Å². The van der Waals surface area contributed by atoms with Gasteiger partial charge in [0.05, 0.1) is 10.6 Å². The van der Waals surface area contributed by atoms with E-state index in [1.807, 2.05) is 12.1 Å². The van der Waals surface area contributed by atoms with Crippen LogP contribution in [0.3, 0.4) is 0 Å². The lowest BCUT2D eigenvalue weighted by Gasteiger charge is -2.34. The second kappa shape index (κ2) is 7.24. The molecule has 0 bridgehead atoms. The van der Waals surface area contributed by atoms with Gasteiger partial charge >= 0.3 is 0 Å². The third-order valence-electron chi connectivity index (χ3n) is 4.00. The van der Waals surface area contributed by atoms with Crippen LogP contribution in [0.2, 0.25) is 10.0 Å². The number of nitrogens with zero attached hydrogens (tertiary/aromatic N) is 2. The average molecular weight is 363 g/mol. The quantitative estimate of drug-likeness (QED) is 0.838. The highest BCUT2D eigenvalue weighted by molar-refractivity contribution is 6.33. The summed E-state index contributed by atoms with van der Waals surface area (Å²) in [5, 5.41) is 1.07. The van der Waals surface area contributed by atoms with E-state index in [0.29, 0.717) is 35.2 Å². The number of hydrogen-bond donors (Lipinski definition) is 0. The van der Waals surface area contributed by atoms with E-state index in [2.05, 4.69) is 0 Å².